The molecule has 1 heterocycles. The van der Waals surface area contributed by atoms with Crippen LogP contribution in [0.3, 0.4) is 0 Å². The average molecular weight is 432 g/mol. The Hall–Kier alpha value is -3.50. The Balaban J connectivity index is 1.65. The first-order valence-electron chi connectivity index (χ1n) is 9.91. The minimum absolute atomic E-state index is 0.159. The van der Waals surface area contributed by atoms with Crippen molar-refractivity contribution in [2.45, 2.75) is 13.5 Å². The minimum atomic E-state index is -0.159. The molecule has 0 aliphatic rings. The Kier molecular flexibility index (Phi) is 6.10. The number of benzene rings is 3. The summed E-state index contributed by atoms with van der Waals surface area (Å²) in [4.78, 5) is 12.5. The highest BCUT2D eigenvalue weighted by atomic mass is 35.5. The standard InChI is InChI=1S/C26H22ClNO3/c1-17(12-26(29)28-15-18-6-4-3-5-7-18)21-13-22-23(19-8-10-20(27)11-9-19)16-31-25(22)14-24(21)30-2/h3-14,16H,15H2,1-2H3,(H,28,29)/b17-12+. The predicted molar refractivity (Wildman–Crippen MR) is 125 cm³/mol. The van der Waals surface area contributed by atoms with Gasteiger partial charge in [-0.2, -0.15) is 0 Å². The first-order valence-corrected chi connectivity index (χ1v) is 10.3. The molecule has 4 aromatic rings. The van der Waals surface area contributed by atoms with Crippen molar-refractivity contribution in [2.75, 3.05) is 7.11 Å². The van der Waals surface area contributed by atoms with Crippen LogP contribution in [-0.4, -0.2) is 13.0 Å². The number of rotatable bonds is 6. The minimum Gasteiger partial charge on any atom is -0.496 e. The van der Waals surface area contributed by atoms with E-state index in [9.17, 15) is 4.79 Å². The fourth-order valence-corrected chi connectivity index (χ4v) is 3.62. The van der Waals surface area contributed by atoms with Crippen LogP contribution in [0.15, 0.2) is 83.5 Å². The second kappa shape index (κ2) is 9.11. The van der Waals surface area contributed by atoms with E-state index in [1.165, 1.54) is 0 Å². The number of carbonyl (C=O) groups is 1. The van der Waals surface area contributed by atoms with Crippen molar-refractivity contribution in [3.8, 4) is 16.9 Å². The topological polar surface area (TPSA) is 51.5 Å². The van der Waals surface area contributed by atoms with Gasteiger partial charge >= 0.3 is 0 Å². The lowest BCUT2D eigenvalue weighted by Crippen LogP contribution is -2.20. The van der Waals surface area contributed by atoms with Gasteiger partial charge in [-0.3, -0.25) is 4.79 Å². The zero-order valence-corrected chi connectivity index (χ0v) is 18.1. The maximum atomic E-state index is 12.5. The number of amides is 1. The Labute approximate surface area is 186 Å². The van der Waals surface area contributed by atoms with E-state index in [1.807, 2.05) is 73.7 Å². The molecule has 31 heavy (non-hydrogen) atoms. The zero-order chi connectivity index (χ0) is 21.8. The van der Waals surface area contributed by atoms with Crippen LogP contribution in [0.2, 0.25) is 5.02 Å². The highest BCUT2D eigenvalue weighted by Gasteiger charge is 2.15. The lowest BCUT2D eigenvalue weighted by atomic mass is 9.99. The molecule has 0 bridgehead atoms. The SMILES string of the molecule is COc1cc2occ(-c3ccc(Cl)cc3)c2cc1/C(C)=C/C(=O)NCc1ccccc1. The predicted octanol–water partition coefficient (Wildman–Crippen LogP) is 6.48. The number of hydrogen-bond donors (Lipinski definition) is 1. The van der Waals surface area contributed by atoms with Gasteiger partial charge in [-0.15, -0.1) is 0 Å². The third-order valence-corrected chi connectivity index (χ3v) is 5.38. The van der Waals surface area contributed by atoms with Crippen molar-refractivity contribution in [2.24, 2.45) is 0 Å². The monoisotopic (exact) mass is 431 g/mol. The van der Waals surface area contributed by atoms with Crippen molar-refractivity contribution in [1.82, 2.24) is 5.32 Å². The van der Waals surface area contributed by atoms with Gasteiger partial charge in [-0.1, -0.05) is 54.1 Å². The van der Waals surface area contributed by atoms with E-state index in [1.54, 1.807) is 19.4 Å². The molecule has 1 N–H and O–H groups in total. The van der Waals surface area contributed by atoms with E-state index < -0.39 is 0 Å². The molecule has 156 valence electrons. The summed E-state index contributed by atoms with van der Waals surface area (Å²) in [6, 6.07) is 21.3. The van der Waals surface area contributed by atoms with E-state index in [-0.39, 0.29) is 5.91 Å². The van der Waals surface area contributed by atoms with Crippen LogP contribution < -0.4 is 10.1 Å². The summed E-state index contributed by atoms with van der Waals surface area (Å²) in [6.07, 6.45) is 3.32. The first-order chi connectivity index (χ1) is 15.0. The summed E-state index contributed by atoms with van der Waals surface area (Å²) < 4.78 is 11.3. The molecule has 0 fully saturated rings. The normalized spacial score (nSPS) is 11.5. The molecule has 0 radical (unpaired) electrons. The molecular weight excluding hydrogens is 410 g/mol. The molecule has 0 spiro atoms. The Bertz CT molecular complexity index is 1240. The molecule has 1 aromatic heterocycles. The van der Waals surface area contributed by atoms with Crippen LogP contribution >= 0.6 is 11.6 Å². The summed E-state index contributed by atoms with van der Waals surface area (Å²) in [5, 5.41) is 4.54. The van der Waals surface area contributed by atoms with Crippen LogP contribution in [0, 0.1) is 0 Å². The number of furan rings is 1. The van der Waals surface area contributed by atoms with Gasteiger partial charge in [-0.25, -0.2) is 0 Å². The van der Waals surface area contributed by atoms with Crippen molar-refractivity contribution in [1.29, 1.82) is 0 Å². The zero-order valence-electron chi connectivity index (χ0n) is 17.3. The molecule has 0 saturated heterocycles. The maximum absolute atomic E-state index is 12.5. The molecule has 0 saturated carbocycles. The Morgan fingerprint density at radius 1 is 1.10 bits per heavy atom. The molecule has 5 heteroatoms. The summed E-state index contributed by atoms with van der Waals surface area (Å²) >= 11 is 6.03. The van der Waals surface area contributed by atoms with Gasteiger partial charge in [0.25, 0.3) is 0 Å². The molecule has 0 aliphatic heterocycles. The number of carbonyl (C=O) groups excluding carboxylic acids is 1. The quantitative estimate of drug-likeness (QED) is 0.355. The number of methoxy groups -OCH3 is 1. The van der Waals surface area contributed by atoms with E-state index in [0.717, 1.165) is 33.2 Å². The number of halogens is 1. The number of ether oxygens (including phenoxy) is 1. The third kappa shape index (κ3) is 4.65. The summed E-state index contributed by atoms with van der Waals surface area (Å²) in [5.74, 6) is 0.489. The Morgan fingerprint density at radius 3 is 2.55 bits per heavy atom. The van der Waals surface area contributed by atoms with Crippen molar-refractivity contribution in [3.05, 3.63) is 95.2 Å². The second-order valence-electron chi connectivity index (χ2n) is 7.24. The number of nitrogens with one attached hydrogen (secondary N) is 1. The third-order valence-electron chi connectivity index (χ3n) is 5.13. The van der Waals surface area contributed by atoms with Crippen LogP contribution in [-0.2, 0) is 11.3 Å². The molecule has 0 unspecified atom stereocenters. The van der Waals surface area contributed by atoms with Crippen LogP contribution in [0.1, 0.15) is 18.1 Å². The first kappa shape index (κ1) is 20.8. The highest BCUT2D eigenvalue weighted by Crippen LogP contribution is 2.37. The van der Waals surface area contributed by atoms with Gasteiger partial charge < -0.3 is 14.5 Å². The van der Waals surface area contributed by atoms with Crippen LogP contribution in [0.25, 0.3) is 27.7 Å². The fourth-order valence-electron chi connectivity index (χ4n) is 3.50. The molecular formula is C26H22ClNO3. The number of hydrogen-bond acceptors (Lipinski definition) is 3. The second-order valence-corrected chi connectivity index (χ2v) is 7.67. The van der Waals surface area contributed by atoms with Crippen molar-refractivity contribution in [3.63, 3.8) is 0 Å². The smallest absolute Gasteiger partial charge is 0.244 e. The molecule has 4 nitrogen and oxygen atoms in total. The van der Waals surface area contributed by atoms with Crippen molar-refractivity contribution >= 4 is 34.1 Å². The summed E-state index contributed by atoms with van der Waals surface area (Å²) in [6.45, 7) is 2.37. The lowest BCUT2D eigenvalue weighted by Gasteiger charge is -2.10. The molecule has 0 aliphatic carbocycles. The number of allylic oxidation sites excluding steroid dienone is 1. The van der Waals surface area contributed by atoms with Gasteiger partial charge in [0.15, 0.2) is 0 Å². The fraction of sp³-hybridized carbons (Fsp3) is 0.115. The number of fused-ring (bicyclic) bond motifs is 1. The van der Waals surface area contributed by atoms with Crippen molar-refractivity contribution < 1.29 is 13.9 Å². The summed E-state index contributed by atoms with van der Waals surface area (Å²) in [7, 11) is 1.61. The van der Waals surface area contributed by atoms with Gasteiger partial charge in [0, 0.05) is 40.2 Å². The Morgan fingerprint density at radius 2 is 1.84 bits per heavy atom. The maximum Gasteiger partial charge on any atom is 0.244 e. The largest absolute Gasteiger partial charge is 0.496 e. The lowest BCUT2D eigenvalue weighted by molar-refractivity contribution is -0.116. The van der Waals surface area contributed by atoms with Gasteiger partial charge in [0.05, 0.1) is 13.4 Å². The van der Waals surface area contributed by atoms with E-state index in [4.69, 9.17) is 20.8 Å². The van der Waals surface area contributed by atoms with Gasteiger partial charge in [0.2, 0.25) is 5.91 Å². The average Bonchev–Trinajstić information content (AvgIpc) is 3.21. The van der Waals surface area contributed by atoms with E-state index >= 15 is 0 Å². The van der Waals surface area contributed by atoms with E-state index in [2.05, 4.69) is 5.32 Å². The molecule has 3 aromatic carbocycles. The summed E-state index contributed by atoms with van der Waals surface area (Å²) in [5.41, 5.74) is 5.35. The van der Waals surface area contributed by atoms with Crippen LogP contribution in [0.4, 0.5) is 0 Å². The molecule has 4 rings (SSSR count). The molecule has 0 atom stereocenters. The van der Waals surface area contributed by atoms with E-state index in [0.29, 0.717) is 22.9 Å². The van der Waals surface area contributed by atoms with Gasteiger partial charge in [0.1, 0.15) is 11.3 Å². The van der Waals surface area contributed by atoms with Gasteiger partial charge in [-0.05, 0) is 41.8 Å². The van der Waals surface area contributed by atoms with Crippen LogP contribution in [0.5, 0.6) is 5.75 Å². The molecule has 1 amide bonds. The highest BCUT2D eigenvalue weighted by molar-refractivity contribution is 6.30.